The Labute approximate surface area is 131 Å². The minimum atomic E-state index is -3.72. The molecular formula is C13H16BrNO5S. The maximum Gasteiger partial charge on any atom is 0.335 e. The summed E-state index contributed by atoms with van der Waals surface area (Å²) in [5.41, 5.74) is -0.395. The first-order valence-electron chi connectivity index (χ1n) is 6.37. The van der Waals surface area contributed by atoms with Crippen LogP contribution in [0.3, 0.4) is 0 Å². The van der Waals surface area contributed by atoms with Gasteiger partial charge in [-0.3, -0.25) is 0 Å². The van der Waals surface area contributed by atoms with Gasteiger partial charge in [-0.2, -0.15) is 0 Å². The summed E-state index contributed by atoms with van der Waals surface area (Å²) in [4.78, 5) is 10.9. The van der Waals surface area contributed by atoms with E-state index >= 15 is 0 Å². The van der Waals surface area contributed by atoms with E-state index in [0.717, 1.165) is 19.3 Å². The summed E-state index contributed by atoms with van der Waals surface area (Å²) in [5, 5.41) is 8.88. The molecule has 1 aliphatic carbocycles. The standard InChI is InChI=1S/C13H16BrNO5S/c1-20-13(5-2-6-13)8-15-21(18,19)11-4-3-9(12(16)17)7-10(11)14/h3-4,7,15H,2,5-6,8H2,1H3,(H,16,17). The zero-order valence-corrected chi connectivity index (χ0v) is 13.8. The van der Waals surface area contributed by atoms with Crippen LogP contribution in [0.2, 0.25) is 0 Å². The highest BCUT2D eigenvalue weighted by Gasteiger charge is 2.38. The van der Waals surface area contributed by atoms with Gasteiger partial charge in [-0.15, -0.1) is 0 Å². The van der Waals surface area contributed by atoms with Gasteiger partial charge in [0, 0.05) is 18.1 Å². The number of carbonyl (C=O) groups is 1. The lowest BCUT2D eigenvalue weighted by Gasteiger charge is -2.40. The van der Waals surface area contributed by atoms with Gasteiger partial charge in [-0.05, 0) is 53.4 Å². The van der Waals surface area contributed by atoms with Crippen LogP contribution in [0, 0.1) is 0 Å². The lowest BCUT2D eigenvalue weighted by molar-refractivity contribution is -0.0659. The van der Waals surface area contributed by atoms with Gasteiger partial charge in [0.1, 0.15) is 0 Å². The number of aromatic carboxylic acids is 1. The molecule has 0 heterocycles. The van der Waals surface area contributed by atoms with Crippen molar-refractivity contribution in [2.45, 2.75) is 29.8 Å². The average molecular weight is 378 g/mol. The molecule has 0 radical (unpaired) electrons. The number of carboxylic acid groups (broad SMARTS) is 1. The van der Waals surface area contributed by atoms with Crippen LogP contribution in [0.4, 0.5) is 0 Å². The third-order valence-electron chi connectivity index (χ3n) is 3.75. The molecule has 0 aromatic heterocycles. The number of benzene rings is 1. The number of nitrogens with one attached hydrogen (secondary N) is 1. The largest absolute Gasteiger partial charge is 0.478 e. The molecule has 0 saturated heterocycles. The van der Waals surface area contributed by atoms with E-state index < -0.39 is 21.6 Å². The van der Waals surface area contributed by atoms with Gasteiger partial charge in [0.25, 0.3) is 0 Å². The molecule has 6 nitrogen and oxygen atoms in total. The zero-order valence-electron chi connectivity index (χ0n) is 11.4. The summed E-state index contributed by atoms with van der Waals surface area (Å²) >= 11 is 3.11. The molecule has 1 aromatic carbocycles. The molecule has 0 amide bonds. The van der Waals surface area contributed by atoms with Crippen LogP contribution in [0.25, 0.3) is 0 Å². The summed E-state index contributed by atoms with van der Waals surface area (Å²) in [7, 11) is -2.15. The molecule has 0 atom stereocenters. The van der Waals surface area contributed by atoms with Crippen LogP contribution >= 0.6 is 15.9 Å². The number of ether oxygens (including phenoxy) is 1. The Morgan fingerprint density at radius 3 is 2.57 bits per heavy atom. The Morgan fingerprint density at radius 2 is 2.14 bits per heavy atom. The zero-order chi connectivity index (χ0) is 15.7. The van der Waals surface area contributed by atoms with Crippen molar-refractivity contribution in [2.24, 2.45) is 0 Å². The van der Waals surface area contributed by atoms with Crippen LogP contribution in [0.1, 0.15) is 29.6 Å². The Hall–Kier alpha value is -0.960. The molecule has 1 aromatic rings. The second-order valence-electron chi connectivity index (χ2n) is 5.02. The van der Waals surface area contributed by atoms with E-state index in [0.29, 0.717) is 0 Å². The first-order chi connectivity index (χ1) is 9.80. The quantitative estimate of drug-likeness (QED) is 0.790. The first-order valence-corrected chi connectivity index (χ1v) is 8.65. The highest BCUT2D eigenvalue weighted by molar-refractivity contribution is 9.10. The van der Waals surface area contributed by atoms with Gasteiger partial charge in [-0.25, -0.2) is 17.9 Å². The van der Waals surface area contributed by atoms with Crippen LogP contribution in [-0.2, 0) is 14.8 Å². The Balaban J connectivity index is 2.18. The summed E-state index contributed by atoms with van der Waals surface area (Å²) < 4.78 is 32.7. The number of carboxylic acids is 1. The van der Waals surface area contributed by atoms with E-state index in [-0.39, 0.29) is 21.5 Å². The molecule has 1 fully saturated rings. The lowest BCUT2D eigenvalue weighted by Crippen LogP contribution is -2.49. The molecule has 0 aliphatic heterocycles. The summed E-state index contributed by atoms with van der Waals surface area (Å²) in [6.07, 6.45) is 2.67. The van der Waals surface area contributed by atoms with Gasteiger partial charge in [0.15, 0.2) is 0 Å². The molecule has 0 spiro atoms. The third-order valence-corrected chi connectivity index (χ3v) is 6.13. The predicted molar refractivity (Wildman–Crippen MR) is 79.9 cm³/mol. The number of halogens is 1. The Bertz CT molecular complexity index is 649. The normalized spacial score (nSPS) is 17.2. The third kappa shape index (κ3) is 3.45. The first kappa shape index (κ1) is 16.4. The number of rotatable bonds is 6. The molecule has 116 valence electrons. The van der Waals surface area contributed by atoms with Crippen molar-refractivity contribution in [3.8, 4) is 0 Å². The van der Waals surface area contributed by atoms with Crippen LogP contribution in [0.15, 0.2) is 27.6 Å². The summed E-state index contributed by atoms with van der Waals surface area (Å²) in [6.45, 7) is 0.207. The molecule has 0 bridgehead atoms. The molecular weight excluding hydrogens is 362 g/mol. The maximum atomic E-state index is 12.3. The molecule has 21 heavy (non-hydrogen) atoms. The van der Waals surface area contributed by atoms with Crippen molar-refractivity contribution in [3.63, 3.8) is 0 Å². The van der Waals surface area contributed by atoms with E-state index in [1.165, 1.54) is 18.2 Å². The van der Waals surface area contributed by atoms with E-state index in [2.05, 4.69) is 20.7 Å². The predicted octanol–water partition coefficient (Wildman–Crippen LogP) is 1.99. The van der Waals surface area contributed by atoms with Gasteiger partial charge >= 0.3 is 5.97 Å². The molecule has 1 saturated carbocycles. The minimum absolute atomic E-state index is 0.0121. The molecule has 0 unspecified atom stereocenters. The van der Waals surface area contributed by atoms with Crippen LogP contribution in [0.5, 0.6) is 0 Å². The molecule has 8 heteroatoms. The fourth-order valence-electron chi connectivity index (χ4n) is 2.18. The van der Waals surface area contributed by atoms with E-state index in [1.807, 2.05) is 0 Å². The second kappa shape index (κ2) is 6.04. The number of hydrogen-bond donors (Lipinski definition) is 2. The Kier molecular flexibility index (Phi) is 4.72. The van der Waals surface area contributed by atoms with Crippen molar-refractivity contribution in [1.29, 1.82) is 0 Å². The topological polar surface area (TPSA) is 92.7 Å². The molecule has 1 aliphatic rings. The smallest absolute Gasteiger partial charge is 0.335 e. The number of hydrogen-bond acceptors (Lipinski definition) is 4. The van der Waals surface area contributed by atoms with Crippen molar-refractivity contribution in [3.05, 3.63) is 28.2 Å². The van der Waals surface area contributed by atoms with Gasteiger partial charge in [0.2, 0.25) is 10.0 Å². The van der Waals surface area contributed by atoms with Crippen LogP contribution in [-0.4, -0.2) is 38.7 Å². The van der Waals surface area contributed by atoms with E-state index in [9.17, 15) is 13.2 Å². The van der Waals surface area contributed by atoms with Crippen molar-refractivity contribution in [1.82, 2.24) is 4.72 Å². The fraction of sp³-hybridized carbons (Fsp3) is 0.462. The van der Waals surface area contributed by atoms with E-state index in [4.69, 9.17) is 9.84 Å². The van der Waals surface area contributed by atoms with Crippen LogP contribution < -0.4 is 4.72 Å². The fourth-order valence-corrected chi connectivity index (χ4v) is 4.37. The highest BCUT2D eigenvalue weighted by Crippen LogP contribution is 2.34. The highest BCUT2D eigenvalue weighted by atomic mass is 79.9. The maximum absolute atomic E-state index is 12.3. The monoisotopic (exact) mass is 377 g/mol. The molecule has 2 N–H and O–H groups in total. The van der Waals surface area contributed by atoms with Gasteiger partial charge in [0.05, 0.1) is 16.1 Å². The Morgan fingerprint density at radius 1 is 1.48 bits per heavy atom. The lowest BCUT2D eigenvalue weighted by atomic mass is 9.80. The van der Waals surface area contributed by atoms with Gasteiger partial charge in [-0.1, -0.05) is 0 Å². The van der Waals surface area contributed by atoms with Gasteiger partial charge < -0.3 is 9.84 Å². The number of sulfonamides is 1. The van der Waals surface area contributed by atoms with E-state index in [1.54, 1.807) is 7.11 Å². The number of methoxy groups -OCH3 is 1. The average Bonchev–Trinajstić information content (AvgIpc) is 2.37. The summed E-state index contributed by atoms with van der Waals surface area (Å²) in [5.74, 6) is -1.11. The molecule has 2 rings (SSSR count). The minimum Gasteiger partial charge on any atom is -0.478 e. The SMILES string of the molecule is COC1(CNS(=O)(=O)c2ccc(C(=O)O)cc2Br)CCC1. The van der Waals surface area contributed by atoms with Crippen molar-refractivity contribution >= 4 is 31.9 Å². The van der Waals surface area contributed by atoms with Crippen molar-refractivity contribution in [2.75, 3.05) is 13.7 Å². The summed E-state index contributed by atoms with van der Waals surface area (Å²) in [6, 6.07) is 3.81. The van der Waals surface area contributed by atoms with Crippen molar-refractivity contribution < 1.29 is 23.1 Å². The second-order valence-corrected chi connectivity index (χ2v) is 7.61.